The number of hydrogen-bond acceptors (Lipinski definition) is 7. The zero-order chi connectivity index (χ0) is 24.0. The zero-order valence-electron chi connectivity index (χ0n) is 18.7. The zero-order valence-corrected chi connectivity index (χ0v) is 19.5. The van der Waals surface area contributed by atoms with Crippen molar-refractivity contribution in [2.75, 3.05) is 24.3 Å². The van der Waals surface area contributed by atoms with E-state index in [1.807, 2.05) is 0 Å². The lowest BCUT2D eigenvalue weighted by molar-refractivity contribution is -0.115. The summed E-state index contributed by atoms with van der Waals surface area (Å²) in [5.74, 6) is 1.11. The van der Waals surface area contributed by atoms with Crippen molar-refractivity contribution in [3.8, 4) is 11.5 Å². The molecule has 0 aliphatic heterocycles. The number of amides is 1. The number of rotatable bonds is 9. The molecule has 9 nitrogen and oxygen atoms in total. The van der Waals surface area contributed by atoms with E-state index in [9.17, 15) is 13.2 Å². The van der Waals surface area contributed by atoms with Gasteiger partial charge in [0.1, 0.15) is 22.9 Å². The second-order valence-corrected chi connectivity index (χ2v) is 8.67. The van der Waals surface area contributed by atoms with E-state index in [1.165, 1.54) is 26.4 Å². The Kier molecular flexibility index (Phi) is 7.39. The van der Waals surface area contributed by atoms with Gasteiger partial charge in [-0.1, -0.05) is 30.3 Å². The Labute approximate surface area is 192 Å². The average molecular weight is 472 g/mol. The SMILES string of the molecule is CCC(=O)Nc1c(C)noc1C=Cc1ccc(S(=O)(=O)Nc2cc(OC)ccc2OC)cc1. The van der Waals surface area contributed by atoms with Crippen LogP contribution in [0.25, 0.3) is 12.2 Å². The van der Waals surface area contributed by atoms with E-state index >= 15 is 0 Å². The van der Waals surface area contributed by atoms with Gasteiger partial charge in [0.25, 0.3) is 10.0 Å². The molecule has 1 aromatic heterocycles. The molecule has 0 spiro atoms. The molecule has 0 bridgehead atoms. The van der Waals surface area contributed by atoms with Crippen molar-refractivity contribution in [2.24, 2.45) is 0 Å². The van der Waals surface area contributed by atoms with Crippen molar-refractivity contribution in [1.82, 2.24) is 5.16 Å². The Morgan fingerprint density at radius 1 is 1.09 bits per heavy atom. The molecular formula is C23H25N3O6S. The van der Waals surface area contributed by atoms with Crippen LogP contribution in [0.1, 0.15) is 30.4 Å². The van der Waals surface area contributed by atoms with Gasteiger partial charge in [0, 0.05) is 12.5 Å². The fourth-order valence-electron chi connectivity index (χ4n) is 2.91. The summed E-state index contributed by atoms with van der Waals surface area (Å²) in [6.45, 7) is 3.48. The van der Waals surface area contributed by atoms with Gasteiger partial charge in [0.15, 0.2) is 5.76 Å². The largest absolute Gasteiger partial charge is 0.497 e. The number of aryl methyl sites for hydroxylation is 1. The summed E-state index contributed by atoms with van der Waals surface area (Å²) in [7, 11) is -0.913. The smallest absolute Gasteiger partial charge is 0.262 e. The third-order valence-corrected chi connectivity index (χ3v) is 6.12. The summed E-state index contributed by atoms with van der Waals surface area (Å²) in [6.07, 6.45) is 3.73. The van der Waals surface area contributed by atoms with Gasteiger partial charge in [-0.3, -0.25) is 9.52 Å². The number of anilines is 2. The summed E-state index contributed by atoms with van der Waals surface area (Å²) in [5.41, 5.74) is 2.07. The maximum Gasteiger partial charge on any atom is 0.262 e. The molecule has 0 atom stereocenters. The highest BCUT2D eigenvalue weighted by Crippen LogP contribution is 2.31. The predicted molar refractivity (Wildman–Crippen MR) is 126 cm³/mol. The minimum Gasteiger partial charge on any atom is -0.497 e. The van der Waals surface area contributed by atoms with Crippen LogP contribution < -0.4 is 19.5 Å². The molecule has 174 valence electrons. The standard InChI is InChI=1S/C23H25N3O6S/c1-5-22(27)24-23-15(2)25-32-21(23)12-8-16-6-10-18(11-7-16)33(28,29)26-19-14-17(30-3)9-13-20(19)31-4/h6-14,26H,5H2,1-4H3,(H,24,27). The molecule has 0 saturated carbocycles. The lowest BCUT2D eigenvalue weighted by Gasteiger charge is -2.13. The second kappa shape index (κ2) is 10.2. The maximum atomic E-state index is 12.8. The van der Waals surface area contributed by atoms with Gasteiger partial charge in [-0.2, -0.15) is 0 Å². The molecule has 0 aliphatic carbocycles. The van der Waals surface area contributed by atoms with Crippen LogP contribution in [0.15, 0.2) is 51.9 Å². The number of nitrogens with zero attached hydrogens (tertiary/aromatic N) is 1. The van der Waals surface area contributed by atoms with Crippen molar-refractivity contribution < 1.29 is 27.2 Å². The molecule has 10 heteroatoms. The number of carbonyl (C=O) groups is 1. The van der Waals surface area contributed by atoms with Gasteiger partial charge in [0.2, 0.25) is 5.91 Å². The topological polar surface area (TPSA) is 120 Å². The van der Waals surface area contributed by atoms with Crippen LogP contribution in [-0.4, -0.2) is 33.7 Å². The third-order valence-electron chi connectivity index (χ3n) is 4.74. The molecule has 3 aromatic rings. The lowest BCUT2D eigenvalue weighted by atomic mass is 10.2. The molecule has 3 rings (SSSR count). The molecule has 2 N–H and O–H groups in total. The highest BCUT2D eigenvalue weighted by atomic mass is 32.2. The number of hydrogen-bond donors (Lipinski definition) is 2. The monoisotopic (exact) mass is 471 g/mol. The Balaban J connectivity index is 1.79. The fourth-order valence-corrected chi connectivity index (χ4v) is 3.97. The van der Waals surface area contributed by atoms with E-state index < -0.39 is 10.0 Å². The van der Waals surface area contributed by atoms with Crippen LogP contribution in [0.5, 0.6) is 11.5 Å². The number of ether oxygens (including phenoxy) is 2. The number of benzene rings is 2. The molecule has 2 aromatic carbocycles. The molecule has 0 saturated heterocycles. The lowest BCUT2D eigenvalue weighted by Crippen LogP contribution is -2.13. The fraction of sp³-hybridized carbons (Fsp3) is 0.217. The molecule has 33 heavy (non-hydrogen) atoms. The molecule has 0 aliphatic rings. The minimum absolute atomic E-state index is 0.0796. The van der Waals surface area contributed by atoms with Gasteiger partial charge >= 0.3 is 0 Å². The van der Waals surface area contributed by atoms with Crippen LogP contribution in [0.2, 0.25) is 0 Å². The summed E-state index contributed by atoms with van der Waals surface area (Å²) in [6, 6.07) is 11.1. The normalized spacial score (nSPS) is 11.4. The molecular weight excluding hydrogens is 446 g/mol. The predicted octanol–water partition coefficient (Wildman–Crippen LogP) is 4.32. The number of nitrogens with one attached hydrogen (secondary N) is 2. The second-order valence-electron chi connectivity index (χ2n) is 6.98. The number of methoxy groups -OCH3 is 2. The first-order valence-corrected chi connectivity index (χ1v) is 11.5. The van der Waals surface area contributed by atoms with Crippen molar-refractivity contribution in [3.05, 3.63) is 59.5 Å². The molecule has 1 heterocycles. The van der Waals surface area contributed by atoms with E-state index in [-0.39, 0.29) is 16.5 Å². The highest BCUT2D eigenvalue weighted by Gasteiger charge is 2.17. The molecule has 1 amide bonds. The Hall–Kier alpha value is -3.79. The summed E-state index contributed by atoms with van der Waals surface area (Å²) >= 11 is 0. The van der Waals surface area contributed by atoms with E-state index in [0.717, 1.165) is 5.56 Å². The third kappa shape index (κ3) is 5.72. The van der Waals surface area contributed by atoms with E-state index in [2.05, 4.69) is 15.2 Å². The van der Waals surface area contributed by atoms with Crippen molar-refractivity contribution in [2.45, 2.75) is 25.2 Å². The summed E-state index contributed by atoms with van der Waals surface area (Å²) in [5, 5.41) is 6.64. The Morgan fingerprint density at radius 2 is 1.82 bits per heavy atom. The first-order chi connectivity index (χ1) is 15.8. The Bertz CT molecular complexity index is 1260. The van der Waals surface area contributed by atoms with Crippen LogP contribution >= 0.6 is 0 Å². The molecule has 0 radical (unpaired) electrons. The Morgan fingerprint density at radius 3 is 2.45 bits per heavy atom. The van der Waals surface area contributed by atoms with Crippen molar-refractivity contribution in [3.63, 3.8) is 0 Å². The van der Waals surface area contributed by atoms with Crippen LogP contribution in [0, 0.1) is 6.92 Å². The van der Waals surface area contributed by atoms with E-state index in [1.54, 1.807) is 56.3 Å². The summed E-state index contributed by atoms with van der Waals surface area (Å²) in [4.78, 5) is 11.8. The van der Waals surface area contributed by atoms with Crippen molar-refractivity contribution >= 4 is 39.5 Å². The average Bonchev–Trinajstić information content (AvgIpc) is 3.16. The first-order valence-electron chi connectivity index (χ1n) is 10.1. The molecule has 0 unspecified atom stereocenters. The van der Waals surface area contributed by atoms with Gasteiger partial charge < -0.3 is 19.3 Å². The van der Waals surface area contributed by atoms with Crippen molar-refractivity contribution in [1.29, 1.82) is 0 Å². The van der Waals surface area contributed by atoms with Gasteiger partial charge in [-0.25, -0.2) is 8.42 Å². The summed E-state index contributed by atoms with van der Waals surface area (Å²) < 4.78 is 43.9. The first kappa shape index (κ1) is 23.9. The van der Waals surface area contributed by atoms with Gasteiger partial charge in [-0.05, 0) is 42.8 Å². The minimum atomic E-state index is -3.86. The number of aromatic nitrogens is 1. The van der Waals surface area contributed by atoms with Crippen LogP contribution in [0.4, 0.5) is 11.4 Å². The molecule has 0 fully saturated rings. The van der Waals surface area contributed by atoms with Gasteiger partial charge in [0.05, 0.1) is 24.8 Å². The number of carbonyl (C=O) groups excluding carboxylic acids is 1. The quantitative estimate of drug-likeness (QED) is 0.477. The number of sulfonamides is 1. The van der Waals surface area contributed by atoms with E-state index in [0.29, 0.717) is 35.1 Å². The highest BCUT2D eigenvalue weighted by molar-refractivity contribution is 7.92. The van der Waals surface area contributed by atoms with E-state index in [4.69, 9.17) is 14.0 Å². The van der Waals surface area contributed by atoms with Crippen LogP contribution in [-0.2, 0) is 14.8 Å². The van der Waals surface area contributed by atoms with Gasteiger partial charge in [-0.15, -0.1) is 0 Å². The van der Waals surface area contributed by atoms with Crippen LogP contribution in [0.3, 0.4) is 0 Å². The maximum absolute atomic E-state index is 12.8.